The fourth-order valence-corrected chi connectivity index (χ4v) is 3.95. The van der Waals surface area contributed by atoms with Gasteiger partial charge in [-0.25, -0.2) is 4.39 Å². The molecule has 1 aromatic rings. The molecule has 0 saturated carbocycles. The predicted molar refractivity (Wildman–Crippen MR) is 96.0 cm³/mol. The molecule has 2 heterocycles. The first-order valence-electron chi connectivity index (χ1n) is 9.51. The molecular formula is C20H29FN2O2. The van der Waals surface area contributed by atoms with Crippen molar-refractivity contribution in [3.8, 4) is 5.75 Å². The van der Waals surface area contributed by atoms with Crippen molar-refractivity contribution in [1.29, 1.82) is 0 Å². The van der Waals surface area contributed by atoms with E-state index in [-0.39, 0.29) is 17.5 Å². The van der Waals surface area contributed by atoms with Crippen molar-refractivity contribution in [2.24, 2.45) is 5.92 Å². The van der Waals surface area contributed by atoms with E-state index in [1.165, 1.54) is 20.0 Å². The van der Waals surface area contributed by atoms with Gasteiger partial charge in [0.05, 0.1) is 7.11 Å². The van der Waals surface area contributed by atoms with Crippen LogP contribution in [0.1, 0.15) is 44.1 Å². The first-order chi connectivity index (χ1) is 12.2. The summed E-state index contributed by atoms with van der Waals surface area (Å²) in [5.41, 5.74) is 0.954. The molecule has 2 aliphatic heterocycles. The number of halogens is 1. The highest BCUT2D eigenvalue weighted by Crippen LogP contribution is 2.24. The summed E-state index contributed by atoms with van der Waals surface area (Å²) in [6, 6.07) is 5.14. The molecule has 0 atom stereocenters. The van der Waals surface area contributed by atoms with E-state index in [1.807, 2.05) is 6.07 Å². The van der Waals surface area contributed by atoms with Crippen LogP contribution >= 0.6 is 0 Å². The smallest absolute Gasteiger partial charge is 0.225 e. The van der Waals surface area contributed by atoms with Crippen molar-refractivity contribution in [2.75, 3.05) is 33.3 Å². The first kappa shape index (κ1) is 18.2. The number of rotatable bonds is 4. The fraction of sp³-hybridized carbons (Fsp3) is 0.650. The Morgan fingerprint density at radius 1 is 1.12 bits per heavy atom. The van der Waals surface area contributed by atoms with Gasteiger partial charge in [-0.3, -0.25) is 9.69 Å². The Morgan fingerprint density at radius 3 is 2.40 bits per heavy atom. The fourth-order valence-electron chi connectivity index (χ4n) is 3.95. The van der Waals surface area contributed by atoms with Crippen LogP contribution in [-0.2, 0) is 11.3 Å². The van der Waals surface area contributed by atoms with Crippen LogP contribution in [0.15, 0.2) is 18.2 Å². The van der Waals surface area contributed by atoms with Gasteiger partial charge < -0.3 is 9.64 Å². The number of ether oxygens (including phenoxy) is 1. The van der Waals surface area contributed by atoms with Crippen molar-refractivity contribution in [3.05, 3.63) is 29.6 Å². The summed E-state index contributed by atoms with van der Waals surface area (Å²) in [5, 5.41) is 0. The highest BCUT2D eigenvalue weighted by Gasteiger charge is 2.28. The van der Waals surface area contributed by atoms with Crippen LogP contribution in [0.3, 0.4) is 0 Å². The van der Waals surface area contributed by atoms with Gasteiger partial charge in [0.1, 0.15) is 0 Å². The molecule has 0 bridgehead atoms. The Balaban J connectivity index is 1.49. The zero-order valence-electron chi connectivity index (χ0n) is 15.2. The van der Waals surface area contributed by atoms with Crippen molar-refractivity contribution in [2.45, 2.75) is 45.1 Å². The molecule has 3 rings (SSSR count). The average Bonchev–Trinajstić information content (AvgIpc) is 2.91. The molecule has 2 saturated heterocycles. The number of nitrogens with zero attached hydrogens (tertiary/aromatic N) is 2. The normalized spacial score (nSPS) is 20.3. The number of carbonyl (C=O) groups is 1. The van der Waals surface area contributed by atoms with E-state index < -0.39 is 0 Å². The third-order valence-corrected chi connectivity index (χ3v) is 5.48. The SMILES string of the molecule is COc1ccc(CN2CCC(C(=O)N3CCCCCC3)CC2)cc1F. The molecule has 1 amide bonds. The molecule has 0 spiro atoms. The summed E-state index contributed by atoms with van der Waals surface area (Å²) < 4.78 is 18.8. The molecule has 0 N–H and O–H groups in total. The largest absolute Gasteiger partial charge is 0.494 e. The maximum atomic E-state index is 13.8. The highest BCUT2D eigenvalue weighted by molar-refractivity contribution is 5.79. The second-order valence-corrected chi connectivity index (χ2v) is 7.26. The first-order valence-corrected chi connectivity index (χ1v) is 9.51. The van der Waals surface area contributed by atoms with Gasteiger partial charge >= 0.3 is 0 Å². The number of hydrogen-bond acceptors (Lipinski definition) is 3. The third kappa shape index (κ3) is 4.72. The number of hydrogen-bond donors (Lipinski definition) is 0. The standard InChI is InChI=1S/C20H29FN2O2/c1-25-19-7-6-16(14-18(19)21)15-22-12-8-17(9-13-22)20(24)23-10-4-2-3-5-11-23/h6-7,14,17H,2-5,8-13,15H2,1H3. The molecule has 0 radical (unpaired) electrons. The monoisotopic (exact) mass is 348 g/mol. The average molecular weight is 348 g/mol. The minimum Gasteiger partial charge on any atom is -0.494 e. The number of amides is 1. The molecular weight excluding hydrogens is 319 g/mol. The zero-order chi connectivity index (χ0) is 17.6. The van der Waals surface area contributed by atoms with Crippen LogP contribution in [0.2, 0.25) is 0 Å². The molecule has 0 aliphatic carbocycles. The van der Waals surface area contributed by atoms with Gasteiger partial charge in [0.15, 0.2) is 11.6 Å². The second kappa shape index (κ2) is 8.65. The van der Waals surface area contributed by atoms with Crippen LogP contribution in [0.25, 0.3) is 0 Å². The summed E-state index contributed by atoms with van der Waals surface area (Å²) in [5.74, 6) is 0.496. The number of benzene rings is 1. The molecule has 1 aromatic carbocycles. The molecule has 0 unspecified atom stereocenters. The quantitative estimate of drug-likeness (QED) is 0.835. The lowest BCUT2D eigenvalue weighted by Gasteiger charge is -2.34. The van der Waals surface area contributed by atoms with Gasteiger partial charge in [-0.05, 0) is 56.5 Å². The van der Waals surface area contributed by atoms with E-state index >= 15 is 0 Å². The number of carbonyl (C=O) groups excluding carboxylic acids is 1. The third-order valence-electron chi connectivity index (χ3n) is 5.48. The Hall–Kier alpha value is -1.62. The van der Waals surface area contributed by atoms with Crippen LogP contribution in [0.4, 0.5) is 4.39 Å². The molecule has 138 valence electrons. The summed E-state index contributed by atoms with van der Waals surface area (Å²) in [4.78, 5) is 17.1. The lowest BCUT2D eigenvalue weighted by molar-refractivity contribution is -0.137. The summed E-state index contributed by atoms with van der Waals surface area (Å²) in [7, 11) is 1.48. The van der Waals surface area contributed by atoms with Crippen molar-refractivity contribution in [1.82, 2.24) is 9.80 Å². The number of piperidine rings is 1. The van der Waals surface area contributed by atoms with Gasteiger partial charge in [-0.1, -0.05) is 18.9 Å². The Bertz CT molecular complexity index is 577. The van der Waals surface area contributed by atoms with Gasteiger partial charge in [0.25, 0.3) is 0 Å². The maximum absolute atomic E-state index is 13.8. The summed E-state index contributed by atoms with van der Waals surface area (Å²) >= 11 is 0. The van der Waals surface area contributed by atoms with Gasteiger partial charge in [-0.15, -0.1) is 0 Å². The van der Waals surface area contributed by atoms with Crippen LogP contribution < -0.4 is 4.74 Å². The minimum absolute atomic E-state index is 0.168. The van der Waals surface area contributed by atoms with E-state index in [9.17, 15) is 9.18 Å². The molecule has 2 fully saturated rings. The Labute approximate surface area is 149 Å². The van der Waals surface area contributed by atoms with E-state index in [0.717, 1.165) is 64.0 Å². The van der Waals surface area contributed by atoms with E-state index in [1.54, 1.807) is 12.1 Å². The van der Waals surface area contributed by atoms with Crippen LogP contribution in [0.5, 0.6) is 5.75 Å². The number of methoxy groups -OCH3 is 1. The second-order valence-electron chi connectivity index (χ2n) is 7.26. The molecule has 0 aromatic heterocycles. The van der Waals surface area contributed by atoms with Gasteiger partial charge in [-0.2, -0.15) is 0 Å². The van der Waals surface area contributed by atoms with Gasteiger partial charge in [0, 0.05) is 25.6 Å². The molecule has 25 heavy (non-hydrogen) atoms. The van der Waals surface area contributed by atoms with E-state index in [0.29, 0.717) is 5.91 Å². The molecule has 2 aliphatic rings. The Morgan fingerprint density at radius 2 is 1.80 bits per heavy atom. The zero-order valence-corrected chi connectivity index (χ0v) is 15.2. The van der Waals surface area contributed by atoms with Crippen molar-refractivity contribution >= 4 is 5.91 Å². The minimum atomic E-state index is -0.314. The van der Waals surface area contributed by atoms with Crippen molar-refractivity contribution < 1.29 is 13.9 Å². The highest BCUT2D eigenvalue weighted by atomic mass is 19.1. The van der Waals surface area contributed by atoms with E-state index in [4.69, 9.17) is 4.74 Å². The lowest BCUT2D eigenvalue weighted by Crippen LogP contribution is -2.42. The predicted octanol–water partition coefficient (Wildman–Crippen LogP) is 3.45. The topological polar surface area (TPSA) is 32.8 Å². The summed E-state index contributed by atoms with van der Waals surface area (Å²) in [6.07, 6.45) is 6.62. The molecule has 5 heteroatoms. The Kier molecular flexibility index (Phi) is 6.29. The maximum Gasteiger partial charge on any atom is 0.225 e. The van der Waals surface area contributed by atoms with Crippen molar-refractivity contribution in [3.63, 3.8) is 0 Å². The van der Waals surface area contributed by atoms with Crippen LogP contribution in [-0.4, -0.2) is 49.0 Å². The van der Waals surface area contributed by atoms with E-state index in [2.05, 4.69) is 9.80 Å². The molecule has 4 nitrogen and oxygen atoms in total. The number of likely N-dealkylation sites (tertiary alicyclic amines) is 2. The van der Waals surface area contributed by atoms with Gasteiger partial charge in [0.2, 0.25) is 5.91 Å². The lowest BCUT2D eigenvalue weighted by atomic mass is 9.94. The summed E-state index contributed by atoms with van der Waals surface area (Å²) in [6.45, 7) is 4.40. The van der Waals surface area contributed by atoms with Crippen LogP contribution in [0, 0.1) is 11.7 Å².